The average molecular weight is 713 g/mol. The number of fused-ring (bicyclic) bond motifs is 4. The SMILES string of the molecule is CNC1CN(C(=O)O[C@H]2/C=C/COC(C)(C)C(=O)NS(=O)(=O)c3ccc4c(c3)N(C[C@@H]3CC[C@H]32)C[C@@]2(CCCc3cc(Cl)ccc32)CO4)C1. The molecule has 2 aromatic rings. The lowest BCUT2D eigenvalue weighted by Gasteiger charge is -2.46. The fourth-order valence-electron chi connectivity index (χ4n) is 7.88. The first-order chi connectivity index (χ1) is 23.4. The van der Waals surface area contributed by atoms with Gasteiger partial charge >= 0.3 is 6.09 Å². The number of carbonyl (C=O) groups excluding carboxylic acids is 2. The molecule has 2 bridgehead atoms. The molecule has 5 aliphatic rings. The summed E-state index contributed by atoms with van der Waals surface area (Å²) in [7, 11) is -2.35. The van der Waals surface area contributed by atoms with E-state index in [1.165, 1.54) is 31.0 Å². The Balaban J connectivity index is 1.27. The number of nitrogens with one attached hydrogen (secondary N) is 2. The lowest BCUT2D eigenvalue weighted by atomic mass is 9.68. The molecule has 264 valence electrons. The smallest absolute Gasteiger partial charge is 0.410 e. The first-order valence-corrected chi connectivity index (χ1v) is 19.0. The monoisotopic (exact) mass is 712 g/mol. The zero-order valence-corrected chi connectivity index (χ0v) is 29.8. The van der Waals surface area contributed by atoms with Crippen LogP contribution >= 0.6 is 11.6 Å². The molecule has 0 aromatic heterocycles. The van der Waals surface area contributed by atoms with Gasteiger partial charge in [-0.1, -0.05) is 23.7 Å². The first kappa shape index (κ1) is 34.1. The van der Waals surface area contributed by atoms with E-state index >= 15 is 0 Å². The number of amides is 2. The number of nitrogens with zero attached hydrogens (tertiary/aromatic N) is 2. The number of anilines is 1. The summed E-state index contributed by atoms with van der Waals surface area (Å²) < 4.78 is 48.1. The van der Waals surface area contributed by atoms with E-state index in [2.05, 4.69) is 21.0 Å². The van der Waals surface area contributed by atoms with Crippen molar-refractivity contribution in [1.82, 2.24) is 14.9 Å². The highest BCUT2D eigenvalue weighted by Crippen LogP contribution is 2.47. The molecule has 3 heterocycles. The lowest BCUT2D eigenvalue weighted by molar-refractivity contribution is -0.139. The number of carbonyl (C=O) groups is 2. The number of halogens is 1. The summed E-state index contributed by atoms with van der Waals surface area (Å²) >= 11 is 6.43. The van der Waals surface area contributed by atoms with E-state index in [9.17, 15) is 18.0 Å². The van der Waals surface area contributed by atoms with Gasteiger partial charge in [0.05, 0.1) is 23.8 Å². The number of likely N-dealkylation sites (N-methyl/N-ethyl adjacent to an activating group) is 1. The summed E-state index contributed by atoms with van der Waals surface area (Å²) in [5.41, 5.74) is 1.27. The van der Waals surface area contributed by atoms with Crippen molar-refractivity contribution in [2.45, 2.75) is 74.0 Å². The number of hydrogen-bond donors (Lipinski definition) is 2. The van der Waals surface area contributed by atoms with Crippen molar-refractivity contribution < 1.29 is 32.2 Å². The maximum Gasteiger partial charge on any atom is 0.410 e. The number of benzene rings is 2. The summed E-state index contributed by atoms with van der Waals surface area (Å²) in [6.07, 6.45) is 7.41. The van der Waals surface area contributed by atoms with Crippen LogP contribution in [0.5, 0.6) is 5.75 Å². The molecule has 1 spiro atoms. The van der Waals surface area contributed by atoms with Crippen LogP contribution in [0.3, 0.4) is 0 Å². The van der Waals surface area contributed by atoms with Crippen molar-refractivity contribution in [2.24, 2.45) is 11.8 Å². The minimum absolute atomic E-state index is 0.0332. The molecule has 2 aromatic carbocycles. The molecule has 49 heavy (non-hydrogen) atoms. The van der Waals surface area contributed by atoms with Crippen LogP contribution in [-0.2, 0) is 36.1 Å². The zero-order valence-electron chi connectivity index (χ0n) is 28.2. The maximum atomic E-state index is 13.6. The Morgan fingerprint density at radius 2 is 1.94 bits per heavy atom. The number of likely N-dealkylation sites (tertiary alicyclic amines) is 1. The van der Waals surface area contributed by atoms with Crippen LogP contribution in [0.1, 0.15) is 50.7 Å². The zero-order chi connectivity index (χ0) is 34.6. The van der Waals surface area contributed by atoms with E-state index in [1.54, 1.807) is 23.1 Å². The van der Waals surface area contributed by atoms with Crippen LogP contribution in [0, 0.1) is 11.8 Å². The van der Waals surface area contributed by atoms with Gasteiger partial charge in [0.1, 0.15) is 17.5 Å². The summed E-state index contributed by atoms with van der Waals surface area (Å²) in [5.74, 6) is -0.000793. The van der Waals surface area contributed by atoms with Crippen molar-refractivity contribution in [2.75, 3.05) is 51.3 Å². The Morgan fingerprint density at radius 3 is 2.69 bits per heavy atom. The summed E-state index contributed by atoms with van der Waals surface area (Å²) in [6.45, 7) is 5.92. The fraction of sp³-hybridized carbons (Fsp3) is 0.556. The third-order valence-electron chi connectivity index (χ3n) is 11.1. The maximum absolute atomic E-state index is 13.6. The number of rotatable bonds is 2. The number of hydrogen-bond acceptors (Lipinski definition) is 9. The van der Waals surface area contributed by atoms with Gasteiger partial charge in [0.25, 0.3) is 15.9 Å². The third kappa shape index (κ3) is 6.64. The second-order valence-electron chi connectivity index (χ2n) is 14.7. The van der Waals surface area contributed by atoms with Gasteiger partial charge in [0.2, 0.25) is 0 Å². The van der Waals surface area contributed by atoms with Crippen molar-refractivity contribution in [3.05, 3.63) is 64.7 Å². The number of sulfonamides is 1. The minimum atomic E-state index is -4.23. The van der Waals surface area contributed by atoms with Gasteiger partial charge in [-0.3, -0.25) is 4.79 Å². The van der Waals surface area contributed by atoms with Crippen molar-refractivity contribution >= 4 is 39.3 Å². The Labute approximate surface area is 293 Å². The van der Waals surface area contributed by atoms with Crippen LogP contribution in [0.2, 0.25) is 5.02 Å². The predicted octanol–water partition coefficient (Wildman–Crippen LogP) is 4.42. The molecule has 7 rings (SSSR count). The molecule has 3 aliphatic heterocycles. The van der Waals surface area contributed by atoms with Crippen LogP contribution in [0.25, 0.3) is 0 Å². The normalized spacial score (nSPS) is 30.0. The van der Waals surface area contributed by atoms with Crippen molar-refractivity contribution in [3.8, 4) is 5.75 Å². The Hall–Kier alpha value is -3.32. The van der Waals surface area contributed by atoms with E-state index in [4.69, 9.17) is 25.8 Å². The van der Waals surface area contributed by atoms with Crippen LogP contribution < -0.4 is 19.7 Å². The Bertz CT molecular complexity index is 1760. The Morgan fingerprint density at radius 1 is 1.12 bits per heavy atom. The molecule has 2 fully saturated rings. The van der Waals surface area contributed by atoms with Gasteiger partial charge < -0.3 is 29.3 Å². The first-order valence-electron chi connectivity index (χ1n) is 17.2. The van der Waals surface area contributed by atoms with E-state index in [-0.39, 0.29) is 40.9 Å². The van der Waals surface area contributed by atoms with Gasteiger partial charge in [-0.25, -0.2) is 17.9 Å². The Kier molecular flexibility index (Phi) is 9.13. The van der Waals surface area contributed by atoms with Crippen LogP contribution in [-0.4, -0.2) is 89.5 Å². The van der Waals surface area contributed by atoms with E-state index in [0.29, 0.717) is 49.2 Å². The van der Waals surface area contributed by atoms with Crippen LogP contribution in [0.4, 0.5) is 10.5 Å². The molecule has 0 unspecified atom stereocenters. The second-order valence-corrected chi connectivity index (χ2v) is 16.8. The largest absolute Gasteiger partial charge is 0.490 e. The van der Waals surface area contributed by atoms with E-state index in [0.717, 1.165) is 32.1 Å². The van der Waals surface area contributed by atoms with Gasteiger partial charge in [-0.05, 0) is 106 Å². The topological polar surface area (TPSA) is 127 Å². The summed E-state index contributed by atoms with van der Waals surface area (Å²) in [6, 6.07) is 11.1. The second kappa shape index (κ2) is 13.1. The molecular weight excluding hydrogens is 668 g/mol. The molecule has 4 atom stereocenters. The quantitative estimate of drug-likeness (QED) is 0.436. The number of ether oxygens (including phenoxy) is 3. The van der Waals surface area contributed by atoms with Crippen molar-refractivity contribution in [3.63, 3.8) is 0 Å². The van der Waals surface area contributed by atoms with Gasteiger partial charge in [-0.2, -0.15) is 0 Å². The van der Waals surface area contributed by atoms with Gasteiger partial charge in [0.15, 0.2) is 0 Å². The standard InChI is InChI=1S/C36H45ClN4O7S/c1-35(2)33(42)39-49(44,45)27-10-13-32-30(17-27)41(21-36(22-46-32)14-4-6-23-16-25(37)9-12-29(23)36)18-24-8-11-28(24)31(7-5-15-47-35)48-34(43)40-19-26(20-40)38-3/h5,7,9-10,12-13,16-17,24,26,28,31,38H,4,6,8,11,14-15,18-22H2,1-3H3,(H,39,42)/b7-5+/t24-,28+,31-,36-/m0/s1. The van der Waals surface area contributed by atoms with Crippen LogP contribution in [0.15, 0.2) is 53.4 Å². The van der Waals surface area contributed by atoms with E-state index < -0.39 is 27.6 Å². The average Bonchev–Trinajstić information content (AvgIpc) is 3.17. The molecular formula is C36H45ClN4O7S. The highest BCUT2D eigenvalue weighted by Gasteiger charge is 2.46. The fourth-order valence-corrected chi connectivity index (χ4v) is 9.20. The third-order valence-corrected chi connectivity index (χ3v) is 12.7. The summed E-state index contributed by atoms with van der Waals surface area (Å²) in [5, 5.41) is 3.89. The summed E-state index contributed by atoms with van der Waals surface area (Å²) in [4.78, 5) is 30.4. The molecule has 13 heteroatoms. The molecule has 0 radical (unpaired) electrons. The molecule has 2 N–H and O–H groups in total. The minimum Gasteiger partial charge on any atom is -0.490 e. The molecule has 11 nitrogen and oxygen atoms in total. The molecule has 1 saturated heterocycles. The highest BCUT2D eigenvalue weighted by molar-refractivity contribution is 7.90. The molecule has 1 saturated carbocycles. The van der Waals surface area contributed by atoms with E-state index in [1.807, 2.05) is 25.3 Å². The number of aryl methyl sites for hydroxylation is 1. The molecule has 2 amide bonds. The lowest BCUT2D eigenvalue weighted by Crippen LogP contribution is -2.59. The van der Waals surface area contributed by atoms with Gasteiger partial charge in [0, 0.05) is 48.6 Å². The van der Waals surface area contributed by atoms with Crippen molar-refractivity contribution in [1.29, 1.82) is 0 Å². The molecule has 2 aliphatic carbocycles. The predicted molar refractivity (Wildman–Crippen MR) is 186 cm³/mol. The highest BCUT2D eigenvalue weighted by atomic mass is 35.5. The van der Waals surface area contributed by atoms with Gasteiger partial charge in [-0.15, -0.1) is 0 Å².